The van der Waals surface area contributed by atoms with E-state index in [-0.39, 0.29) is 0 Å². The largest absolute Gasteiger partial charge is 0.311 e. The number of para-hydroxylation sites is 3. The Hall–Kier alpha value is -5.64. The van der Waals surface area contributed by atoms with Crippen molar-refractivity contribution in [1.29, 1.82) is 0 Å². The molecule has 0 amide bonds. The Balaban J connectivity index is 1.38. The van der Waals surface area contributed by atoms with Crippen molar-refractivity contribution in [3.63, 3.8) is 0 Å². The number of hydrogen-bond acceptors (Lipinski definition) is 1. The predicted octanol–water partition coefficient (Wildman–Crippen LogP) is 10.7. The molecule has 0 spiro atoms. The number of anilines is 3. The van der Waals surface area contributed by atoms with E-state index >= 15 is 0 Å². The minimum absolute atomic E-state index is 1.16. The van der Waals surface area contributed by atoms with Crippen LogP contribution in [0.15, 0.2) is 170 Å². The molecule has 0 saturated heterocycles. The van der Waals surface area contributed by atoms with Gasteiger partial charge in [-0.25, -0.2) is 0 Å². The van der Waals surface area contributed by atoms with Crippen molar-refractivity contribution >= 4 is 57.3 Å². The van der Waals surface area contributed by atoms with E-state index in [0.29, 0.717) is 0 Å². The van der Waals surface area contributed by atoms with Crippen molar-refractivity contribution in [3.05, 3.63) is 170 Å². The highest BCUT2D eigenvalue weighted by atomic mass is 28.3. The van der Waals surface area contributed by atoms with Crippen LogP contribution in [0.5, 0.6) is 0 Å². The number of rotatable bonds is 4. The van der Waals surface area contributed by atoms with Gasteiger partial charge in [0, 0.05) is 33.5 Å². The van der Waals surface area contributed by atoms with Gasteiger partial charge in [0.1, 0.15) is 8.07 Å². The van der Waals surface area contributed by atoms with E-state index in [0.717, 1.165) is 5.69 Å². The van der Waals surface area contributed by atoms with Crippen molar-refractivity contribution in [3.8, 4) is 27.9 Å². The van der Waals surface area contributed by atoms with Crippen molar-refractivity contribution in [1.82, 2.24) is 4.57 Å². The molecule has 2 heterocycles. The highest BCUT2D eigenvalue weighted by Gasteiger charge is 2.39. The van der Waals surface area contributed by atoms with Crippen LogP contribution in [0.1, 0.15) is 0 Å². The molecule has 8 aromatic rings. The second-order valence-corrected chi connectivity index (χ2v) is 17.4. The lowest BCUT2D eigenvalue weighted by atomic mass is 9.98. The highest BCUT2D eigenvalue weighted by Crippen LogP contribution is 2.42. The lowest BCUT2D eigenvalue weighted by molar-refractivity contribution is 1.18. The Morgan fingerprint density at radius 1 is 0.383 bits per heavy atom. The van der Waals surface area contributed by atoms with Crippen LogP contribution < -0.4 is 15.3 Å². The van der Waals surface area contributed by atoms with Gasteiger partial charge in [-0.1, -0.05) is 134 Å². The fraction of sp³-hybridized carbons (Fsp3) is 0.0455. The third-order valence-corrected chi connectivity index (χ3v) is 13.4. The molecular weight excluding hydrogens is 585 g/mol. The van der Waals surface area contributed by atoms with Gasteiger partial charge in [-0.05, 0) is 81.2 Å². The Morgan fingerprint density at radius 2 is 0.957 bits per heavy atom. The van der Waals surface area contributed by atoms with Gasteiger partial charge in [0.2, 0.25) is 0 Å². The van der Waals surface area contributed by atoms with Gasteiger partial charge in [-0.2, -0.15) is 0 Å². The van der Waals surface area contributed by atoms with E-state index < -0.39 is 8.07 Å². The van der Waals surface area contributed by atoms with E-state index in [4.69, 9.17) is 0 Å². The molecule has 0 fully saturated rings. The normalized spacial score (nSPS) is 13.4. The number of hydrogen-bond donors (Lipinski definition) is 0. The van der Waals surface area contributed by atoms with Crippen LogP contribution in [0, 0.1) is 0 Å². The van der Waals surface area contributed by atoms with Crippen molar-refractivity contribution in [2.45, 2.75) is 13.1 Å². The van der Waals surface area contributed by atoms with E-state index in [2.05, 4.69) is 192 Å². The zero-order chi connectivity index (χ0) is 31.5. The minimum Gasteiger partial charge on any atom is -0.311 e. The van der Waals surface area contributed by atoms with Crippen LogP contribution >= 0.6 is 0 Å². The van der Waals surface area contributed by atoms with Crippen LogP contribution in [0.2, 0.25) is 13.1 Å². The summed E-state index contributed by atoms with van der Waals surface area (Å²) in [5.74, 6) is 0. The van der Waals surface area contributed by atoms with Gasteiger partial charge >= 0.3 is 0 Å². The van der Waals surface area contributed by atoms with Gasteiger partial charge in [0.15, 0.2) is 0 Å². The Bertz CT molecular complexity index is 2370. The number of benzene rings is 7. The summed E-state index contributed by atoms with van der Waals surface area (Å²) in [6, 6.07) is 62.3. The molecule has 0 unspecified atom stereocenters. The molecule has 0 bridgehead atoms. The van der Waals surface area contributed by atoms with Gasteiger partial charge < -0.3 is 9.47 Å². The second kappa shape index (κ2) is 10.7. The van der Waals surface area contributed by atoms with E-state index in [1.165, 1.54) is 71.5 Å². The fourth-order valence-corrected chi connectivity index (χ4v) is 10.6. The maximum Gasteiger partial charge on any atom is 0.117 e. The topological polar surface area (TPSA) is 8.17 Å². The third-order valence-electron chi connectivity index (χ3n) is 9.93. The molecule has 1 aromatic heterocycles. The first-order valence-corrected chi connectivity index (χ1v) is 19.4. The van der Waals surface area contributed by atoms with Crippen molar-refractivity contribution in [2.24, 2.45) is 0 Å². The van der Waals surface area contributed by atoms with Crippen LogP contribution in [0.4, 0.5) is 17.1 Å². The first-order valence-electron chi connectivity index (χ1n) is 16.4. The lowest BCUT2D eigenvalue weighted by Crippen LogP contribution is -2.58. The van der Waals surface area contributed by atoms with Crippen LogP contribution in [0.3, 0.4) is 0 Å². The zero-order valence-electron chi connectivity index (χ0n) is 26.6. The third kappa shape index (κ3) is 4.39. The molecule has 47 heavy (non-hydrogen) atoms. The maximum absolute atomic E-state index is 2.53. The standard InChI is InChI=1S/C44H34N2Si/c1-47(2)43-25-15-14-24-40(43)45(35-20-10-5-11-21-35)42-30-41-38(29-44(42)47)37-22-12-13-23-39(37)46(41)36-27-33(31-16-6-3-7-17-31)26-34(28-36)32-18-8-4-9-19-32/h3-30H,1-2H3. The van der Waals surface area contributed by atoms with Gasteiger partial charge in [0.05, 0.1) is 11.0 Å². The smallest absolute Gasteiger partial charge is 0.117 e. The molecule has 0 aliphatic carbocycles. The average Bonchev–Trinajstić information content (AvgIpc) is 3.45. The Labute approximate surface area is 276 Å². The molecule has 7 aromatic carbocycles. The molecule has 0 atom stereocenters. The molecule has 3 heteroatoms. The molecule has 1 aliphatic rings. The minimum atomic E-state index is -2.04. The summed E-state index contributed by atoms with van der Waals surface area (Å²) < 4.78 is 2.49. The quantitative estimate of drug-likeness (QED) is 0.178. The predicted molar refractivity (Wildman–Crippen MR) is 203 cm³/mol. The zero-order valence-corrected chi connectivity index (χ0v) is 27.6. The monoisotopic (exact) mass is 618 g/mol. The average molecular weight is 619 g/mol. The van der Waals surface area contributed by atoms with Gasteiger partial charge in [-0.15, -0.1) is 0 Å². The molecule has 9 rings (SSSR count). The van der Waals surface area contributed by atoms with Crippen LogP contribution in [-0.2, 0) is 0 Å². The first-order chi connectivity index (χ1) is 23.1. The summed E-state index contributed by atoms with van der Waals surface area (Å²) in [6.07, 6.45) is 0. The molecule has 0 saturated carbocycles. The fourth-order valence-electron chi connectivity index (χ4n) is 7.63. The van der Waals surface area contributed by atoms with Gasteiger partial charge in [0.25, 0.3) is 0 Å². The van der Waals surface area contributed by atoms with Gasteiger partial charge in [-0.3, -0.25) is 0 Å². The Kier molecular flexibility index (Phi) is 6.31. The van der Waals surface area contributed by atoms with E-state index in [9.17, 15) is 0 Å². The second-order valence-electron chi connectivity index (χ2n) is 13.1. The maximum atomic E-state index is 2.53. The van der Waals surface area contributed by atoms with Crippen molar-refractivity contribution < 1.29 is 0 Å². The molecule has 224 valence electrons. The van der Waals surface area contributed by atoms with E-state index in [1.807, 2.05) is 0 Å². The number of nitrogens with zero attached hydrogens (tertiary/aromatic N) is 2. The summed E-state index contributed by atoms with van der Waals surface area (Å²) in [5, 5.41) is 5.53. The molecule has 0 radical (unpaired) electrons. The Morgan fingerprint density at radius 3 is 1.64 bits per heavy atom. The molecular formula is C44H34N2Si. The summed E-state index contributed by atoms with van der Waals surface area (Å²) in [7, 11) is -2.04. The molecule has 2 nitrogen and oxygen atoms in total. The summed E-state index contributed by atoms with van der Waals surface area (Å²) in [6.45, 7) is 5.01. The summed E-state index contributed by atoms with van der Waals surface area (Å²) in [5.41, 5.74) is 12.2. The highest BCUT2D eigenvalue weighted by molar-refractivity contribution is 7.02. The van der Waals surface area contributed by atoms with Crippen LogP contribution in [-0.4, -0.2) is 12.6 Å². The summed E-state index contributed by atoms with van der Waals surface area (Å²) >= 11 is 0. The van der Waals surface area contributed by atoms with Crippen LogP contribution in [0.25, 0.3) is 49.7 Å². The van der Waals surface area contributed by atoms with Crippen molar-refractivity contribution in [2.75, 3.05) is 4.90 Å². The molecule has 0 N–H and O–H groups in total. The summed E-state index contributed by atoms with van der Waals surface area (Å²) in [4.78, 5) is 2.49. The lowest BCUT2D eigenvalue weighted by Gasteiger charge is -2.41. The molecule has 1 aliphatic heterocycles. The number of aromatic nitrogens is 1. The number of fused-ring (bicyclic) bond motifs is 5. The van der Waals surface area contributed by atoms with E-state index in [1.54, 1.807) is 0 Å². The SMILES string of the molecule is C[Si]1(C)c2ccccc2N(c2ccccc2)c2cc3c(cc21)c1ccccc1n3-c1cc(-c2ccccc2)cc(-c2ccccc2)c1. The first kappa shape index (κ1) is 27.6.